The highest BCUT2D eigenvalue weighted by Gasteiger charge is 1.93. The minimum absolute atomic E-state index is 0.963. The molecule has 2 nitrogen and oxygen atoms in total. The lowest BCUT2D eigenvalue weighted by molar-refractivity contribution is 0.802. The van der Waals surface area contributed by atoms with Gasteiger partial charge in [0.25, 0.3) is 0 Å². The summed E-state index contributed by atoms with van der Waals surface area (Å²) in [6.07, 6.45) is 6.17. The van der Waals surface area contributed by atoms with E-state index in [2.05, 4.69) is 29.4 Å². The Bertz CT molecular complexity index is 278. The second kappa shape index (κ2) is 6.33. The molecule has 0 atom stereocenters. The van der Waals surface area contributed by atoms with Gasteiger partial charge in [-0.15, -0.1) is 0 Å². The van der Waals surface area contributed by atoms with Crippen LogP contribution in [0.25, 0.3) is 0 Å². The van der Waals surface area contributed by atoms with Crippen molar-refractivity contribution in [3.05, 3.63) is 41.7 Å². The molecule has 0 aliphatic heterocycles. The molecule has 0 spiro atoms. The van der Waals surface area contributed by atoms with Crippen molar-refractivity contribution in [3.63, 3.8) is 0 Å². The molecule has 1 heterocycles. The summed E-state index contributed by atoms with van der Waals surface area (Å²) in [5.74, 6) is 0. The van der Waals surface area contributed by atoms with E-state index < -0.39 is 0 Å². The smallest absolute Gasteiger partial charge is 0.0443 e. The fourth-order valence-corrected chi connectivity index (χ4v) is 1.32. The molecule has 0 amide bonds. The van der Waals surface area contributed by atoms with Gasteiger partial charge in [0.2, 0.25) is 0 Å². The van der Waals surface area contributed by atoms with Gasteiger partial charge in [-0.3, -0.25) is 4.98 Å². The van der Waals surface area contributed by atoms with Gasteiger partial charge in [0.1, 0.15) is 0 Å². The average molecular weight is 190 g/mol. The largest absolute Gasteiger partial charge is 0.319 e. The molecule has 0 saturated heterocycles. The van der Waals surface area contributed by atoms with Crippen LogP contribution in [0.2, 0.25) is 0 Å². The Hall–Kier alpha value is -1.15. The van der Waals surface area contributed by atoms with Crippen molar-refractivity contribution >= 4 is 0 Å². The van der Waals surface area contributed by atoms with E-state index in [0.717, 1.165) is 25.1 Å². The number of pyridine rings is 1. The normalized spacial score (nSPS) is 11.7. The van der Waals surface area contributed by atoms with Crippen molar-refractivity contribution in [2.24, 2.45) is 0 Å². The number of nitrogens with zero attached hydrogens (tertiary/aromatic N) is 1. The first-order valence-corrected chi connectivity index (χ1v) is 5.03. The third kappa shape index (κ3) is 4.19. The summed E-state index contributed by atoms with van der Waals surface area (Å²) in [5.41, 5.74) is 2.53. The van der Waals surface area contributed by atoms with Crippen LogP contribution in [-0.2, 0) is 6.42 Å². The average Bonchev–Trinajstić information content (AvgIpc) is 2.20. The Labute approximate surface area is 86.1 Å². The van der Waals surface area contributed by atoms with Crippen LogP contribution >= 0.6 is 0 Å². The lowest BCUT2D eigenvalue weighted by Gasteiger charge is -2.00. The number of allylic oxidation sites excluding steroid dienone is 1. The molecule has 0 fully saturated rings. The summed E-state index contributed by atoms with van der Waals surface area (Å²) in [6.45, 7) is 3.20. The van der Waals surface area contributed by atoms with E-state index in [9.17, 15) is 0 Å². The summed E-state index contributed by atoms with van der Waals surface area (Å²) < 4.78 is 0. The second-order valence-corrected chi connectivity index (χ2v) is 3.44. The Morgan fingerprint density at radius 1 is 1.50 bits per heavy atom. The zero-order valence-electron chi connectivity index (χ0n) is 8.96. The summed E-state index contributed by atoms with van der Waals surface area (Å²) in [5, 5.41) is 3.13. The Kier molecular flexibility index (Phi) is 4.94. The van der Waals surface area contributed by atoms with Gasteiger partial charge in [-0.2, -0.15) is 0 Å². The van der Waals surface area contributed by atoms with Crippen LogP contribution in [0, 0.1) is 0 Å². The molecule has 0 bridgehead atoms. The maximum atomic E-state index is 4.29. The third-order valence-electron chi connectivity index (χ3n) is 2.07. The predicted octanol–water partition coefficient (Wildman–Crippen LogP) is 2.18. The van der Waals surface area contributed by atoms with Crippen LogP contribution in [0.3, 0.4) is 0 Å². The van der Waals surface area contributed by atoms with Gasteiger partial charge in [-0.1, -0.05) is 17.7 Å². The topological polar surface area (TPSA) is 24.9 Å². The summed E-state index contributed by atoms with van der Waals surface area (Å²) in [4.78, 5) is 4.29. The van der Waals surface area contributed by atoms with E-state index in [-0.39, 0.29) is 0 Å². The van der Waals surface area contributed by atoms with Crippen molar-refractivity contribution in [2.75, 3.05) is 13.6 Å². The Morgan fingerprint density at radius 3 is 3.00 bits per heavy atom. The molecule has 0 saturated carbocycles. The molecule has 1 N–H and O–H groups in total. The molecule has 0 radical (unpaired) electrons. The maximum Gasteiger partial charge on any atom is 0.0443 e. The van der Waals surface area contributed by atoms with E-state index in [1.54, 1.807) is 0 Å². The Balaban J connectivity index is 2.40. The van der Waals surface area contributed by atoms with Crippen LogP contribution in [0.4, 0.5) is 0 Å². The molecular weight excluding hydrogens is 172 g/mol. The summed E-state index contributed by atoms with van der Waals surface area (Å²) >= 11 is 0. The van der Waals surface area contributed by atoms with Crippen LogP contribution < -0.4 is 5.32 Å². The van der Waals surface area contributed by atoms with Gasteiger partial charge >= 0.3 is 0 Å². The fraction of sp³-hybridized carbons (Fsp3) is 0.417. The standard InChI is InChI=1S/C12H18N2/c1-11(6-5-8-13-2)10-12-7-3-4-9-14-12/h3-4,6-7,9,13H,5,8,10H2,1-2H3. The van der Waals surface area contributed by atoms with Crippen LogP contribution in [0.5, 0.6) is 0 Å². The number of nitrogens with one attached hydrogen (secondary N) is 1. The number of hydrogen-bond acceptors (Lipinski definition) is 2. The van der Waals surface area contributed by atoms with E-state index >= 15 is 0 Å². The van der Waals surface area contributed by atoms with Crippen molar-refractivity contribution in [3.8, 4) is 0 Å². The molecular formula is C12H18N2. The molecule has 1 rings (SSSR count). The molecule has 0 aliphatic carbocycles. The third-order valence-corrected chi connectivity index (χ3v) is 2.07. The lowest BCUT2D eigenvalue weighted by Crippen LogP contribution is -2.06. The minimum atomic E-state index is 0.963. The molecule has 1 aromatic rings. The van der Waals surface area contributed by atoms with E-state index in [1.807, 2.05) is 25.4 Å². The first-order valence-electron chi connectivity index (χ1n) is 5.03. The lowest BCUT2D eigenvalue weighted by atomic mass is 10.1. The summed E-state index contributed by atoms with van der Waals surface area (Å²) in [7, 11) is 1.97. The van der Waals surface area contributed by atoms with Crippen molar-refractivity contribution in [1.82, 2.24) is 10.3 Å². The van der Waals surface area contributed by atoms with Gasteiger partial charge in [-0.05, 0) is 39.1 Å². The highest BCUT2D eigenvalue weighted by atomic mass is 14.8. The SMILES string of the molecule is CNCCC=C(C)Cc1ccccn1. The first-order chi connectivity index (χ1) is 6.83. The zero-order valence-corrected chi connectivity index (χ0v) is 8.96. The van der Waals surface area contributed by atoms with Gasteiger partial charge in [-0.25, -0.2) is 0 Å². The molecule has 2 heteroatoms. The van der Waals surface area contributed by atoms with Gasteiger partial charge < -0.3 is 5.32 Å². The van der Waals surface area contributed by atoms with E-state index in [1.165, 1.54) is 5.57 Å². The zero-order chi connectivity index (χ0) is 10.2. The molecule has 0 unspecified atom stereocenters. The van der Waals surface area contributed by atoms with Crippen LogP contribution in [0.15, 0.2) is 36.0 Å². The quantitative estimate of drug-likeness (QED) is 0.568. The minimum Gasteiger partial charge on any atom is -0.319 e. The molecule has 0 aromatic carbocycles. The van der Waals surface area contributed by atoms with Crippen LogP contribution in [-0.4, -0.2) is 18.6 Å². The van der Waals surface area contributed by atoms with E-state index in [0.29, 0.717) is 0 Å². The predicted molar refractivity (Wildman–Crippen MR) is 60.2 cm³/mol. The van der Waals surface area contributed by atoms with Crippen LogP contribution in [0.1, 0.15) is 19.0 Å². The highest BCUT2D eigenvalue weighted by molar-refractivity contribution is 5.13. The van der Waals surface area contributed by atoms with Gasteiger partial charge in [0, 0.05) is 18.3 Å². The van der Waals surface area contributed by atoms with Gasteiger partial charge in [0.15, 0.2) is 0 Å². The van der Waals surface area contributed by atoms with Crippen molar-refractivity contribution in [1.29, 1.82) is 0 Å². The first kappa shape index (κ1) is 10.9. The number of hydrogen-bond donors (Lipinski definition) is 1. The number of aromatic nitrogens is 1. The molecule has 1 aromatic heterocycles. The Morgan fingerprint density at radius 2 is 2.36 bits per heavy atom. The van der Waals surface area contributed by atoms with Crippen molar-refractivity contribution < 1.29 is 0 Å². The maximum absolute atomic E-state index is 4.29. The highest BCUT2D eigenvalue weighted by Crippen LogP contribution is 2.04. The monoisotopic (exact) mass is 190 g/mol. The van der Waals surface area contributed by atoms with E-state index in [4.69, 9.17) is 0 Å². The number of rotatable bonds is 5. The van der Waals surface area contributed by atoms with Crippen molar-refractivity contribution in [2.45, 2.75) is 19.8 Å². The van der Waals surface area contributed by atoms with Gasteiger partial charge in [0.05, 0.1) is 0 Å². The fourth-order valence-electron chi connectivity index (χ4n) is 1.32. The second-order valence-electron chi connectivity index (χ2n) is 3.44. The summed E-state index contributed by atoms with van der Waals surface area (Å²) in [6, 6.07) is 6.04. The molecule has 14 heavy (non-hydrogen) atoms. The molecule has 0 aliphatic rings. The molecule has 76 valence electrons.